The van der Waals surface area contributed by atoms with Crippen molar-refractivity contribution in [3.05, 3.63) is 77.2 Å². The van der Waals surface area contributed by atoms with Crippen LogP contribution in [-0.4, -0.2) is 26.2 Å². The molecule has 0 aliphatic carbocycles. The van der Waals surface area contributed by atoms with E-state index in [9.17, 15) is 9.59 Å². The van der Waals surface area contributed by atoms with Crippen LogP contribution in [0.25, 0.3) is 0 Å². The summed E-state index contributed by atoms with van der Waals surface area (Å²) in [6, 6.07) is 14.1. The quantitative estimate of drug-likeness (QED) is 0.810. The van der Waals surface area contributed by atoms with E-state index < -0.39 is 0 Å². The standard InChI is InChI=1S/C17H15O4/c1-20-16(18)14-7-3-5-12(10-14)9-13-6-4-8-15(11-13)17(19)21-2/h3-11H,1-2H3. The van der Waals surface area contributed by atoms with Crippen LogP contribution in [0.5, 0.6) is 0 Å². The molecule has 0 fully saturated rings. The SMILES string of the molecule is COC(=O)c1cccc([CH]c2cccc(C(=O)OC)c2)c1. The summed E-state index contributed by atoms with van der Waals surface area (Å²) in [5.74, 6) is -0.762. The Morgan fingerprint density at radius 2 is 1.24 bits per heavy atom. The lowest BCUT2D eigenvalue weighted by Crippen LogP contribution is -2.02. The van der Waals surface area contributed by atoms with Crippen LogP contribution < -0.4 is 0 Å². The fourth-order valence-corrected chi connectivity index (χ4v) is 1.94. The van der Waals surface area contributed by atoms with E-state index in [4.69, 9.17) is 9.47 Å². The molecule has 0 N–H and O–H groups in total. The Morgan fingerprint density at radius 3 is 1.62 bits per heavy atom. The number of ether oxygens (including phenoxy) is 2. The van der Waals surface area contributed by atoms with Gasteiger partial charge in [-0.3, -0.25) is 0 Å². The summed E-state index contributed by atoms with van der Waals surface area (Å²) >= 11 is 0. The molecule has 0 bridgehead atoms. The topological polar surface area (TPSA) is 52.6 Å². The minimum Gasteiger partial charge on any atom is -0.465 e. The second-order valence-electron chi connectivity index (χ2n) is 4.38. The molecule has 4 nitrogen and oxygen atoms in total. The molecule has 21 heavy (non-hydrogen) atoms. The van der Waals surface area contributed by atoms with Gasteiger partial charge in [-0.2, -0.15) is 0 Å². The monoisotopic (exact) mass is 283 g/mol. The average molecular weight is 283 g/mol. The first-order valence-electron chi connectivity index (χ1n) is 6.35. The van der Waals surface area contributed by atoms with Crippen LogP contribution in [-0.2, 0) is 9.47 Å². The highest BCUT2D eigenvalue weighted by Crippen LogP contribution is 2.16. The van der Waals surface area contributed by atoms with Gasteiger partial charge in [-0.25, -0.2) is 9.59 Å². The van der Waals surface area contributed by atoms with Gasteiger partial charge in [-0.15, -0.1) is 0 Å². The first-order chi connectivity index (χ1) is 10.1. The van der Waals surface area contributed by atoms with Crippen LogP contribution in [0, 0.1) is 6.42 Å². The maximum Gasteiger partial charge on any atom is 0.337 e. The van der Waals surface area contributed by atoms with Gasteiger partial charge in [-0.05, 0) is 35.4 Å². The molecule has 0 aliphatic heterocycles. The highest BCUT2D eigenvalue weighted by atomic mass is 16.5. The summed E-state index contributed by atoms with van der Waals surface area (Å²) in [5, 5.41) is 0. The first-order valence-corrected chi connectivity index (χ1v) is 6.35. The van der Waals surface area contributed by atoms with E-state index in [2.05, 4.69) is 0 Å². The van der Waals surface area contributed by atoms with Crippen molar-refractivity contribution in [2.75, 3.05) is 14.2 Å². The average Bonchev–Trinajstić information content (AvgIpc) is 2.53. The molecule has 0 unspecified atom stereocenters. The normalized spacial score (nSPS) is 10.0. The van der Waals surface area contributed by atoms with Gasteiger partial charge in [0.2, 0.25) is 0 Å². The van der Waals surface area contributed by atoms with Gasteiger partial charge in [0.25, 0.3) is 0 Å². The molecular weight excluding hydrogens is 268 g/mol. The number of esters is 2. The predicted octanol–water partition coefficient (Wildman–Crippen LogP) is 2.86. The number of hydrogen-bond donors (Lipinski definition) is 0. The molecule has 4 heteroatoms. The van der Waals surface area contributed by atoms with E-state index in [-0.39, 0.29) is 11.9 Å². The predicted molar refractivity (Wildman–Crippen MR) is 78.1 cm³/mol. The zero-order valence-corrected chi connectivity index (χ0v) is 11.8. The zero-order valence-electron chi connectivity index (χ0n) is 11.8. The molecule has 1 radical (unpaired) electrons. The molecule has 0 saturated carbocycles. The van der Waals surface area contributed by atoms with Crippen molar-refractivity contribution in [1.29, 1.82) is 0 Å². The number of hydrogen-bond acceptors (Lipinski definition) is 4. The van der Waals surface area contributed by atoms with Crippen LogP contribution in [0.4, 0.5) is 0 Å². The van der Waals surface area contributed by atoms with Crippen molar-refractivity contribution in [3.8, 4) is 0 Å². The van der Waals surface area contributed by atoms with Crippen molar-refractivity contribution in [3.63, 3.8) is 0 Å². The molecule has 0 aliphatic rings. The van der Waals surface area contributed by atoms with Crippen LogP contribution in [0.15, 0.2) is 48.5 Å². The maximum absolute atomic E-state index is 11.5. The Hall–Kier alpha value is -2.62. The molecule has 2 aromatic carbocycles. The minimum absolute atomic E-state index is 0.381. The highest BCUT2D eigenvalue weighted by molar-refractivity contribution is 5.90. The van der Waals surface area contributed by atoms with Gasteiger partial charge < -0.3 is 9.47 Å². The summed E-state index contributed by atoms with van der Waals surface area (Å²) in [6.45, 7) is 0. The maximum atomic E-state index is 11.5. The van der Waals surface area contributed by atoms with Crippen LogP contribution in [0.3, 0.4) is 0 Å². The third kappa shape index (κ3) is 3.69. The molecule has 0 amide bonds. The number of benzene rings is 2. The molecule has 107 valence electrons. The van der Waals surface area contributed by atoms with Gasteiger partial charge in [0.1, 0.15) is 0 Å². The molecule has 0 heterocycles. The first kappa shape index (κ1) is 14.8. The molecule has 0 atom stereocenters. The van der Waals surface area contributed by atoms with Crippen molar-refractivity contribution in [1.82, 2.24) is 0 Å². The van der Waals surface area contributed by atoms with Gasteiger partial charge in [0.05, 0.1) is 25.3 Å². The van der Waals surface area contributed by atoms with Crippen LogP contribution in [0.1, 0.15) is 31.8 Å². The lowest BCUT2D eigenvalue weighted by molar-refractivity contribution is 0.0592. The van der Waals surface area contributed by atoms with E-state index in [1.54, 1.807) is 36.4 Å². The van der Waals surface area contributed by atoms with Gasteiger partial charge in [-0.1, -0.05) is 24.3 Å². The Balaban J connectivity index is 2.22. The van der Waals surface area contributed by atoms with Crippen molar-refractivity contribution >= 4 is 11.9 Å². The lowest BCUT2D eigenvalue weighted by atomic mass is 10.0. The molecule has 0 aromatic heterocycles. The van der Waals surface area contributed by atoms with Gasteiger partial charge in [0, 0.05) is 6.42 Å². The van der Waals surface area contributed by atoms with E-state index in [0.717, 1.165) is 11.1 Å². The molecule has 0 saturated heterocycles. The van der Waals surface area contributed by atoms with Gasteiger partial charge >= 0.3 is 11.9 Å². The van der Waals surface area contributed by atoms with Crippen molar-refractivity contribution < 1.29 is 19.1 Å². The Morgan fingerprint density at radius 1 is 0.810 bits per heavy atom. The lowest BCUT2D eigenvalue weighted by Gasteiger charge is -2.06. The zero-order chi connectivity index (χ0) is 15.2. The van der Waals surface area contributed by atoms with Crippen LogP contribution in [0.2, 0.25) is 0 Å². The van der Waals surface area contributed by atoms with E-state index in [1.165, 1.54) is 14.2 Å². The van der Waals surface area contributed by atoms with E-state index >= 15 is 0 Å². The Kier molecular flexibility index (Phi) is 4.72. The Bertz CT molecular complexity index is 604. The molecule has 0 spiro atoms. The second kappa shape index (κ2) is 6.70. The third-order valence-electron chi connectivity index (χ3n) is 2.95. The summed E-state index contributed by atoms with van der Waals surface area (Å²) in [7, 11) is 2.69. The van der Waals surface area contributed by atoms with Crippen molar-refractivity contribution in [2.45, 2.75) is 0 Å². The van der Waals surface area contributed by atoms with E-state index in [0.29, 0.717) is 11.1 Å². The minimum atomic E-state index is -0.381. The van der Waals surface area contributed by atoms with Gasteiger partial charge in [0.15, 0.2) is 0 Å². The van der Waals surface area contributed by atoms with E-state index in [1.807, 2.05) is 18.6 Å². The fourth-order valence-electron chi connectivity index (χ4n) is 1.94. The number of carbonyl (C=O) groups excluding carboxylic acids is 2. The highest BCUT2D eigenvalue weighted by Gasteiger charge is 2.08. The number of methoxy groups -OCH3 is 2. The number of carbonyl (C=O) groups is 2. The summed E-state index contributed by atoms with van der Waals surface area (Å²) in [4.78, 5) is 23.0. The molecule has 2 rings (SSSR count). The fraction of sp³-hybridized carbons (Fsp3) is 0.118. The summed E-state index contributed by atoms with van der Waals surface area (Å²) < 4.78 is 9.39. The largest absolute Gasteiger partial charge is 0.465 e. The van der Waals surface area contributed by atoms with Crippen LogP contribution >= 0.6 is 0 Å². The molecule has 2 aromatic rings. The summed E-state index contributed by atoms with van der Waals surface area (Å²) in [6.07, 6.45) is 1.87. The summed E-state index contributed by atoms with van der Waals surface area (Å²) in [5.41, 5.74) is 2.66. The molecular formula is C17H15O4. The third-order valence-corrected chi connectivity index (χ3v) is 2.95. The van der Waals surface area contributed by atoms with Crippen molar-refractivity contribution in [2.24, 2.45) is 0 Å². The second-order valence-corrected chi connectivity index (χ2v) is 4.38. The number of rotatable bonds is 4. The smallest absolute Gasteiger partial charge is 0.337 e. The Labute approximate surface area is 123 Å².